The van der Waals surface area contributed by atoms with Crippen molar-refractivity contribution in [1.82, 2.24) is 19.5 Å². The minimum Gasteiger partial charge on any atom is -0.348 e. The third kappa shape index (κ3) is 2.67. The van der Waals surface area contributed by atoms with Crippen LogP contribution in [0.15, 0.2) is 30.7 Å². The Labute approximate surface area is 122 Å². The fourth-order valence-electron chi connectivity index (χ4n) is 2.58. The quantitative estimate of drug-likeness (QED) is 0.757. The maximum Gasteiger partial charge on any atom is 0.127 e. The van der Waals surface area contributed by atoms with Gasteiger partial charge in [-0.25, -0.2) is 14.4 Å². The van der Waals surface area contributed by atoms with Crippen LogP contribution in [0.4, 0.5) is 4.39 Å². The molecule has 0 amide bonds. The fraction of sp³-hybridized carbons (Fsp3) is 0.333. The standard InChI is InChI=1S/C15H18FN5/c1-2-5-21-14-6-10(16)3-4-13(14)20-15(21)12(17)7-11-8-18-9-19-11/h3-4,6,8-9,12H,2,5,7,17H2,1H3,(H,18,19). The van der Waals surface area contributed by atoms with Gasteiger partial charge in [0.2, 0.25) is 0 Å². The molecule has 2 aromatic heterocycles. The van der Waals surface area contributed by atoms with Crippen molar-refractivity contribution < 1.29 is 4.39 Å². The van der Waals surface area contributed by atoms with Gasteiger partial charge >= 0.3 is 0 Å². The number of halogens is 1. The molecule has 110 valence electrons. The number of fused-ring (bicyclic) bond motifs is 1. The van der Waals surface area contributed by atoms with E-state index >= 15 is 0 Å². The molecule has 0 aliphatic carbocycles. The number of rotatable bonds is 5. The lowest BCUT2D eigenvalue weighted by Gasteiger charge is -2.13. The van der Waals surface area contributed by atoms with Gasteiger partial charge in [0.15, 0.2) is 0 Å². The number of nitrogens with one attached hydrogen (secondary N) is 1. The molecule has 0 saturated heterocycles. The molecule has 6 heteroatoms. The summed E-state index contributed by atoms with van der Waals surface area (Å²) in [6, 6.07) is 4.39. The first-order chi connectivity index (χ1) is 10.2. The van der Waals surface area contributed by atoms with E-state index in [1.54, 1.807) is 18.6 Å². The first kappa shape index (κ1) is 13.8. The molecule has 1 aromatic carbocycles. The molecular formula is C15H18FN5. The second-order valence-electron chi connectivity index (χ2n) is 5.14. The van der Waals surface area contributed by atoms with E-state index in [0.717, 1.165) is 35.5 Å². The van der Waals surface area contributed by atoms with Crippen molar-refractivity contribution in [2.24, 2.45) is 5.73 Å². The Kier molecular flexibility index (Phi) is 3.70. The molecule has 2 heterocycles. The highest BCUT2D eigenvalue weighted by Gasteiger charge is 2.18. The lowest BCUT2D eigenvalue weighted by molar-refractivity contribution is 0.579. The van der Waals surface area contributed by atoms with Crippen molar-refractivity contribution in [3.63, 3.8) is 0 Å². The van der Waals surface area contributed by atoms with E-state index in [0.29, 0.717) is 6.42 Å². The highest BCUT2D eigenvalue weighted by molar-refractivity contribution is 5.76. The zero-order valence-corrected chi connectivity index (χ0v) is 11.9. The Morgan fingerprint density at radius 2 is 2.29 bits per heavy atom. The Morgan fingerprint density at radius 3 is 3.00 bits per heavy atom. The number of benzene rings is 1. The minimum atomic E-state index is -0.257. The maximum absolute atomic E-state index is 13.5. The summed E-state index contributed by atoms with van der Waals surface area (Å²) in [5, 5.41) is 0. The van der Waals surface area contributed by atoms with Crippen molar-refractivity contribution in [3.8, 4) is 0 Å². The van der Waals surface area contributed by atoms with Crippen molar-refractivity contribution in [2.75, 3.05) is 0 Å². The summed E-state index contributed by atoms with van der Waals surface area (Å²) < 4.78 is 15.5. The van der Waals surface area contributed by atoms with E-state index in [9.17, 15) is 4.39 Å². The molecule has 3 N–H and O–H groups in total. The predicted molar refractivity (Wildman–Crippen MR) is 79.2 cm³/mol. The van der Waals surface area contributed by atoms with Crippen LogP contribution in [0.25, 0.3) is 11.0 Å². The Bertz CT molecular complexity index is 732. The minimum absolute atomic E-state index is 0.256. The average molecular weight is 287 g/mol. The molecule has 0 spiro atoms. The lowest BCUT2D eigenvalue weighted by Crippen LogP contribution is -2.19. The van der Waals surface area contributed by atoms with Gasteiger partial charge in [0.05, 0.1) is 23.4 Å². The van der Waals surface area contributed by atoms with E-state index in [2.05, 4.69) is 21.9 Å². The van der Waals surface area contributed by atoms with Gasteiger partial charge in [-0.1, -0.05) is 6.92 Å². The van der Waals surface area contributed by atoms with Gasteiger partial charge < -0.3 is 15.3 Å². The predicted octanol–water partition coefficient (Wildman–Crippen LogP) is 2.55. The number of aromatic amines is 1. The lowest BCUT2D eigenvalue weighted by atomic mass is 10.1. The van der Waals surface area contributed by atoms with E-state index in [4.69, 9.17) is 5.73 Å². The van der Waals surface area contributed by atoms with Gasteiger partial charge in [0, 0.05) is 24.9 Å². The summed E-state index contributed by atoms with van der Waals surface area (Å²) in [7, 11) is 0. The van der Waals surface area contributed by atoms with Gasteiger partial charge in [-0.3, -0.25) is 0 Å². The molecule has 0 fully saturated rings. The van der Waals surface area contributed by atoms with E-state index in [1.165, 1.54) is 12.1 Å². The van der Waals surface area contributed by atoms with Crippen LogP contribution in [0.3, 0.4) is 0 Å². The summed E-state index contributed by atoms with van der Waals surface area (Å²) in [5.41, 5.74) is 8.83. The van der Waals surface area contributed by atoms with E-state index in [-0.39, 0.29) is 11.9 Å². The fourth-order valence-corrected chi connectivity index (χ4v) is 2.58. The van der Waals surface area contributed by atoms with Crippen LogP contribution in [0.5, 0.6) is 0 Å². The topological polar surface area (TPSA) is 72.5 Å². The third-order valence-electron chi connectivity index (χ3n) is 3.51. The molecule has 5 nitrogen and oxygen atoms in total. The molecule has 3 rings (SSSR count). The van der Waals surface area contributed by atoms with Crippen LogP contribution < -0.4 is 5.73 Å². The van der Waals surface area contributed by atoms with Crippen LogP contribution >= 0.6 is 0 Å². The average Bonchev–Trinajstić information content (AvgIpc) is 3.08. The third-order valence-corrected chi connectivity index (χ3v) is 3.51. The van der Waals surface area contributed by atoms with Crippen LogP contribution in [0, 0.1) is 5.82 Å². The number of nitrogens with zero attached hydrogens (tertiary/aromatic N) is 3. The SMILES string of the molecule is CCCn1c(C(N)Cc2cnc[nH]2)nc2ccc(F)cc21. The summed E-state index contributed by atoms with van der Waals surface area (Å²) >= 11 is 0. The summed E-state index contributed by atoms with van der Waals surface area (Å²) in [6.45, 7) is 2.85. The number of aryl methyl sites for hydroxylation is 1. The monoisotopic (exact) mass is 287 g/mol. The van der Waals surface area contributed by atoms with E-state index < -0.39 is 0 Å². The van der Waals surface area contributed by atoms with Gasteiger partial charge in [-0.05, 0) is 24.6 Å². The molecule has 21 heavy (non-hydrogen) atoms. The molecule has 0 saturated carbocycles. The first-order valence-corrected chi connectivity index (χ1v) is 7.07. The first-order valence-electron chi connectivity index (χ1n) is 7.07. The molecule has 0 bridgehead atoms. The van der Waals surface area contributed by atoms with Crippen LogP contribution in [0.1, 0.15) is 30.9 Å². The molecule has 0 radical (unpaired) electrons. The highest BCUT2D eigenvalue weighted by atomic mass is 19.1. The largest absolute Gasteiger partial charge is 0.348 e. The molecule has 1 atom stereocenters. The van der Waals surface area contributed by atoms with Crippen LogP contribution in [0.2, 0.25) is 0 Å². The van der Waals surface area contributed by atoms with Crippen LogP contribution in [-0.4, -0.2) is 19.5 Å². The number of hydrogen-bond donors (Lipinski definition) is 2. The molecule has 1 unspecified atom stereocenters. The second kappa shape index (κ2) is 5.65. The normalized spacial score (nSPS) is 12.9. The van der Waals surface area contributed by atoms with Gasteiger partial charge in [0.25, 0.3) is 0 Å². The van der Waals surface area contributed by atoms with Crippen molar-refractivity contribution in [1.29, 1.82) is 0 Å². The van der Waals surface area contributed by atoms with Crippen molar-refractivity contribution >= 4 is 11.0 Å². The number of aromatic nitrogens is 4. The summed E-state index contributed by atoms with van der Waals surface area (Å²) in [5.74, 6) is 0.528. The van der Waals surface area contributed by atoms with Gasteiger partial charge in [0.1, 0.15) is 11.6 Å². The van der Waals surface area contributed by atoms with Crippen molar-refractivity contribution in [3.05, 3.63) is 48.1 Å². The molecule has 0 aliphatic heterocycles. The van der Waals surface area contributed by atoms with Crippen molar-refractivity contribution in [2.45, 2.75) is 32.4 Å². The highest BCUT2D eigenvalue weighted by Crippen LogP contribution is 2.23. The maximum atomic E-state index is 13.5. The summed E-state index contributed by atoms with van der Waals surface area (Å²) in [4.78, 5) is 11.6. The smallest absolute Gasteiger partial charge is 0.127 e. The second-order valence-corrected chi connectivity index (χ2v) is 5.14. The Hall–Kier alpha value is -2.21. The Morgan fingerprint density at radius 1 is 1.43 bits per heavy atom. The molecular weight excluding hydrogens is 269 g/mol. The number of hydrogen-bond acceptors (Lipinski definition) is 3. The Balaban J connectivity index is 2.01. The number of H-pyrrole nitrogens is 1. The number of nitrogens with two attached hydrogens (primary N) is 1. The van der Waals surface area contributed by atoms with E-state index in [1.807, 2.05) is 4.57 Å². The van der Waals surface area contributed by atoms with Gasteiger partial charge in [-0.15, -0.1) is 0 Å². The summed E-state index contributed by atoms with van der Waals surface area (Å²) in [6.07, 6.45) is 4.94. The molecule has 3 aromatic rings. The van der Waals surface area contributed by atoms with Crippen LogP contribution in [-0.2, 0) is 13.0 Å². The molecule has 0 aliphatic rings. The zero-order valence-electron chi connectivity index (χ0n) is 11.9. The number of imidazole rings is 2. The zero-order chi connectivity index (χ0) is 14.8. The van der Waals surface area contributed by atoms with Gasteiger partial charge in [-0.2, -0.15) is 0 Å².